The van der Waals surface area contributed by atoms with Gasteiger partial charge in [-0.3, -0.25) is 4.79 Å². The molecule has 3 nitrogen and oxygen atoms in total. The van der Waals surface area contributed by atoms with Crippen molar-refractivity contribution in [2.24, 2.45) is 23.7 Å². The molecule has 0 aromatic heterocycles. The molecule has 90 valence electrons. The van der Waals surface area contributed by atoms with Gasteiger partial charge in [0.2, 0.25) is 5.91 Å². The number of rotatable bonds is 3. The minimum Gasteiger partial charge on any atom is -0.351 e. The highest BCUT2D eigenvalue weighted by molar-refractivity contribution is 5.86. The van der Waals surface area contributed by atoms with Crippen LogP contribution in [0.2, 0.25) is 0 Å². The van der Waals surface area contributed by atoms with Gasteiger partial charge in [0.25, 0.3) is 0 Å². The number of fused-ring (bicyclic) bond motifs is 5. The number of carbonyl (C=O) groups excluding carboxylic acids is 1. The van der Waals surface area contributed by atoms with E-state index in [1.54, 1.807) is 0 Å². The lowest BCUT2D eigenvalue weighted by Crippen LogP contribution is -2.52. The Hall–Kier alpha value is -0.570. The maximum atomic E-state index is 12.0. The topological polar surface area (TPSA) is 41.1 Å². The van der Waals surface area contributed by atoms with Crippen LogP contribution < -0.4 is 10.6 Å². The van der Waals surface area contributed by atoms with Crippen molar-refractivity contribution in [3.8, 4) is 0 Å². The van der Waals surface area contributed by atoms with E-state index in [0.717, 1.165) is 23.7 Å². The molecule has 3 fully saturated rings. The van der Waals surface area contributed by atoms with E-state index >= 15 is 0 Å². The van der Waals surface area contributed by atoms with E-state index < -0.39 is 5.54 Å². The third-order valence-electron chi connectivity index (χ3n) is 5.23. The molecule has 3 aliphatic carbocycles. The standard InChI is InChI=1S/C13H22N2O/c1-13(2,14-3)12(16)15-11-9-7-4-5-8(6-7)10(9)11/h7-11,14H,4-6H2,1-3H3,(H,15,16). The molecule has 3 saturated carbocycles. The molecule has 0 aromatic rings. The molecule has 4 atom stereocenters. The van der Waals surface area contributed by atoms with Gasteiger partial charge in [-0.05, 0) is 63.8 Å². The molecule has 0 heterocycles. The molecule has 3 heteroatoms. The smallest absolute Gasteiger partial charge is 0.239 e. The summed E-state index contributed by atoms with van der Waals surface area (Å²) in [6.45, 7) is 3.88. The number of hydrogen-bond acceptors (Lipinski definition) is 2. The predicted octanol–water partition coefficient (Wildman–Crippen LogP) is 1.15. The molecule has 16 heavy (non-hydrogen) atoms. The SMILES string of the molecule is CNC(C)(C)C(=O)NC1C2C3CCC(C3)C12. The summed E-state index contributed by atoms with van der Waals surface area (Å²) in [4.78, 5) is 12.0. The fourth-order valence-electron chi connectivity index (χ4n) is 3.96. The van der Waals surface area contributed by atoms with Gasteiger partial charge in [-0.15, -0.1) is 0 Å². The third-order valence-corrected chi connectivity index (χ3v) is 5.23. The first-order valence-electron chi connectivity index (χ1n) is 6.54. The summed E-state index contributed by atoms with van der Waals surface area (Å²) in [6.07, 6.45) is 4.26. The maximum absolute atomic E-state index is 12.0. The Morgan fingerprint density at radius 3 is 2.25 bits per heavy atom. The highest BCUT2D eigenvalue weighted by Gasteiger charge is 2.65. The lowest BCUT2D eigenvalue weighted by molar-refractivity contribution is -0.126. The van der Waals surface area contributed by atoms with E-state index in [1.165, 1.54) is 19.3 Å². The van der Waals surface area contributed by atoms with Crippen LogP contribution in [0.4, 0.5) is 0 Å². The molecule has 0 saturated heterocycles. The van der Waals surface area contributed by atoms with Crippen LogP contribution in [0.15, 0.2) is 0 Å². The zero-order valence-corrected chi connectivity index (χ0v) is 10.4. The molecule has 0 spiro atoms. The van der Waals surface area contributed by atoms with Gasteiger partial charge in [-0.2, -0.15) is 0 Å². The molecule has 1 amide bonds. The Labute approximate surface area is 97.4 Å². The summed E-state index contributed by atoms with van der Waals surface area (Å²) in [5.74, 6) is 3.68. The largest absolute Gasteiger partial charge is 0.351 e. The van der Waals surface area contributed by atoms with Crippen LogP contribution in [0.25, 0.3) is 0 Å². The maximum Gasteiger partial charge on any atom is 0.239 e. The fraction of sp³-hybridized carbons (Fsp3) is 0.923. The van der Waals surface area contributed by atoms with Gasteiger partial charge in [0.05, 0.1) is 5.54 Å². The van der Waals surface area contributed by atoms with Gasteiger partial charge in [-0.1, -0.05) is 0 Å². The van der Waals surface area contributed by atoms with Gasteiger partial charge in [0, 0.05) is 6.04 Å². The Bertz CT molecular complexity index is 310. The molecule has 0 radical (unpaired) electrons. The molecular formula is C13H22N2O. The minimum atomic E-state index is -0.435. The monoisotopic (exact) mass is 222 g/mol. The van der Waals surface area contributed by atoms with Crippen LogP contribution in [-0.2, 0) is 4.79 Å². The van der Waals surface area contributed by atoms with Crippen molar-refractivity contribution in [3.63, 3.8) is 0 Å². The highest BCUT2D eigenvalue weighted by atomic mass is 16.2. The minimum absolute atomic E-state index is 0.161. The Kier molecular flexibility index (Phi) is 2.13. The van der Waals surface area contributed by atoms with Crippen molar-refractivity contribution in [2.75, 3.05) is 7.05 Å². The van der Waals surface area contributed by atoms with E-state index in [2.05, 4.69) is 10.6 Å². The van der Waals surface area contributed by atoms with Crippen LogP contribution in [0.1, 0.15) is 33.1 Å². The van der Waals surface area contributed by atoms with E-state index in [1.807, 2.05) is 20.9 Å². The fourth-order valence-corrected chi connectivity index (χ4v) is 3.96. The Morgan fingerprint density at radius 1 is 1.19 bits per heavy atom. The molecule has 0 aliphatic heterocycles. The van der Waals surface area contributed by atoms with Crippen LogP contribution in [-0.4, -0.2) is 24.5 Å². The molecule has 0 aromatic carbocycles. The summed E-state index contributed by atoms with van der Waals surface area (Å²) in [7, 11) is 1.84. The first-order valence-corrected chi connectivity index (χ1v) is 6.54. The Morgan fingerprint density at radius 2 is 1.75 bits per heavy atom. The molecule has 3 aliphatic rings. The second-order valence-corrected chi connectivity index (χ2v) is 6.36. The summed E-state index contributed by atoms with van der Waals surface area (Å²) in [5, 5.41) is 6.31. The molecule has 2 bridgehead atoms. The average Bonchev–Trinajstić information content (AvgIpc) is 2.68. The zero-order valence-electron chi connectivity index (χ0n) is 10.4. The summed E-state index contributed by atoms with van der Waals surface area (Å²) >= 11 is 0. The number of likely N-dealkylation sites (N-methyl/N-ethyl adjacent to an activating group) is 1. The van der Waals surface area contributed by atoms with Crippen molar-refractivity contribution in [3.05, 3.63) is 0 Å². The first kappa shape index (κ1) is 10.6. The second-order valence-electron chi connectivity index (χ2n) is 6.36. The van der Waals surface area contributed by atoms with E-state index in [9.17, 15) is 4.79 Å². The second kappa shape index (κ2) is 3.22. The van der Waals surface area contributed by atoms with Crippen LogP contribution in [0.3, 0.4) is 0 Å². The van der Waals surface area contributed by atoms with Gasteiger partial charge in [0.1, 0.15) is 0 Å². The van der Waals surface area contributed by atoms with E-state index in [4.69, 9.17) is 0 Å². The highest BCUT2D eigenvalue weighted by Crippen LogP contribution is 2.65. The lowest BCUT2D eigenvalue weighted by Gasteiger charge is -2.23. The number of amides is 1. The summed E-state index contributed by atoms with van der Waals surface area (Å²) in [6, 6.07) is 0.506. The normalized spacial score (nSPS) is 44.3. The van der Waals surface area contributed by atoms with Gasteiger partial charge in [-0.25, -0.2) is 0 Å². The van der Waals surface area contributed by atoms with E-state index in [0.29, 0.717) is 6.04 Å². The van der Waals surface area contributed by atoms with Gasteiger partial charge < -0.3 is 10.6 Å². The quantitative estimate of drug-likeness (QED) is 0.752. The number of nitrogens with one attached hydrogen (secondary N) is 2. The zero-order chi connectivity index (χ0) is 11.5. The van der Waals surface area contributed by atoms with Crippen LogP contribution in [0, 0.1) is 23.7 Å². The van der Waals surface area contributed by atoms with E-state index in [-0.39, 0.29) is 5.91 Å². The van der Waals surface area contributed by atoms with Crippen molar-refractivity contribution in [1.82, 2.24) is 10.6 Å². The molecule has 2 N–H and O–H groups in total. The van der Waals surface area contributed by atoms with Gasteiger partial charge in [0.15, 0.2) is 0 Å². The number of hydrogen-bond donors (Lipinski definition) is 2. The van der Waals surface area contributed by atoms with Crippen LogP contribution in [0.5, 0.6) is 0 Å². The van der Waals surface area contributed by atoms with Crippen molar-refractivity contribution >= 4 is 5.91 Å². The molecular weight excluding hydrogens is 200 g/mol. The van der Waals surface area contributed by atoms with Crippen molar-refractivity contribution in [1.29, 1.82) is 0 Å². The summed E-state index contributed by atoms with van der Waals surface area (Å²) < 4.78 is 0. The van der Waals surface area contributed by atoms with Crippen molar-refractivity contribution < 1.29 is 4.79 Å². The predicted molar refractivity (Wildman–Crippen MR) is 62.9 cm³/mol. The lowest BCUT2D eigenvalue weighted by atomic mass is 10.0. The Balaban J connectivity index is 1.61. The van der Waals surface area contributed by atoms with Crippen molar-refractivity contribution in [2.45, 2.75) is 44.7 Å². The third kappa shape index (κ3) is 1.33. The van der Waals surface area contributed by atoms with Crippen LogP contribution >= 0.6 is 0 Å². The molecule has 3 rings (SSSR count). The molecule has 4 unspecified atom stereocenters. The van der Waals surface area contributed by atoms with Gasteiger partial charge >= 0.3 is 0 Å². The average molecular weight is 222 g/mol. The number of carbonyl (C=O) groups is 1. The first-order chi connectivity index (χ1) is 7.54. The summed E-state index contributed by atoms with van der Waals surface area (Å²) in [5.41, 5.74) is -0.435.